The van der Waals surface area contributed by atoms with E-state index >= 15 is 0 Å². The summed E-state index contributed by atoms with van der Waals surface area (Å²) >= 11 is 0. The molecule has 0 aliphatic heterocycles. The SMILES string of the molecule is CC(O)CO.CCO.N. The van der Waals surface area contributed by atoms with Gasteiger partial charge in [0.2, 0.25) is 0 Å². The van der Waals surface area contributed by atoms with Crippen molar-refractivity contribution < 1.29 is 15.3 Å². The summed E-state index contributed by atoms with van der Waals surface area (Å²) in [6, 6.07) is 0. The first kappa shape index (κ1) is 15.9. The molecular weight excluding hydrogens is 122 g/mol. The maximum absolute atomic E-state index is 8.11. The van der Waals surface area contributed by atoms with Gasteiger partial charge in [0.05, 0.1) is 12.7 Å². The Morgan fingerprint density at radius 3 is 1.44 bits per heavy atom. The predicted molar refractivity (Wildman–Crippen MR) is 36.5 cm³/mol. The minimum Gasteiger partial charge on any atom is -0.397 e. The van der Waals surface area contributed by atoms with Gasteiger partial charge in [-0.05, 0) is 13.8 Å². The van der Waals surface area contributed by atoms with E-state index < -0.39 is 6.10 Å². The molecule has 0 saturated carbocycles. The van der Waals surface area contributed by atoms with E-state index in [1.165, 1.54) is 6.92 Å². The molecule has 0 heterocycles. The van der Waals surface area contributed by atoms with E-state index in [9.17, 15) is 0 Å². The third-order valence-corrected chi connectivity index (χ3v) is 0.264. The molecule has 0 aromatic rings. The Kier molecular flexibility index (Phi) is 27.7. The standard InChI is InChI=1S/C3H8O2.C2H6O.H3N/c1-3(5)2-4;1-2-3;/h3-5H,2H2,1H3;3H,2H2,1H3;1H3. The molecular formula is C5H17NO3. The van der Waals surface area contributed by atoms with Crippen LogP contribution in [-0.4, -0.2) is 34.6 Å². The van der Waals surface area contributed by atoms with Crippen molar-refractivity contribution in [3.05, 3.63) is 0 Å². The summed E-state index contributed by atoms with van der Waals surface area (Å²) in [4.78, 5) is 0. The summed E-state index contributed by atoms with van der Waals surface area (Å²) in [6.45, 7) is 3.32. The second-order valence-corrected chi connectivity index (χ2v) is 1.35. The summed E-state index contributed by atoms with van der Waals surface area (Å²) < 4.78 is 0. The molecule has 4 heteroatoms. The lowest BCUT2D eigenvalue weighted by Crippen LogP contribution is -2.03. The first-order valence-electron chi connectivity index (χ1n) is 2.58. The van der Waals surface area contributed by atoms with Gasteiger partial charge in [0.25, 0.3) is 0 Å². The molecule has 4 nitrogen and oxygen atoms in total. The highest BCUT2D eigenvalue weighted by molar-refractivity contribution is 4.33. The monoisotopic (exact) mass is 139 g/mol. The minimum absolute atomic E-state index is 0. The van der Waals surface area contributed by atoms with Gasteiger partial charge in [0.15, 0.2) is 0 Å². The minimum atomic E-state index is -0.560. The quantitative estimate of drug-likeness (QED) is 0.394. The highest BCUT2D eigenvalue weighted by Gasteiger charge is 1.83. The summed E-state index contributed by atoms with van der Waals surface area (Å²) in [7, 11) is 0. The second-order valence-electron chi connectivity index (χ2n) is 1.35. The van der Waals surface area contributed by atoms with Crippen LogP contribution < -0.4 is 6.15 Å². The Balaban J connectivity index is -0.0000000800. The number of hydrogen-bond acceptors (Lipinski definition) is 4. The molecule has 0 aromatic carbocycles. The first-order chi connectivity index (χ1) is 3.68. The van der Waals surface area contributed by atoms with Crippen LogP contribution in [0.5, 0.6) is 0 Å². The Hall–Kier alpha value is -0.160. The predicted octanol–water partition coefficient (Wildman–Crippen LogP) is -0.480. The fraction of sp³-hybridized carbons (Fsp3) is 1.00. The fourth-order valence-corrected chi connectivity index (χ4v) is 0. The van der Waals surface area contributed by atoms with E-state index in [0.717, 1.165) is 0 Å². The molecule has 0 aromatic heterocycles. The lowest BCUT2D eigenvalue weighted by atomic mass is 10.5. The lowest BCUT2D eigenvalue weighted by molar-refractivity contribution is 0.110. The summed E-state index contributed by atoms with van der Waals surface area (Å²) in [6.07, 6.45) is -0.560. The molecule has 0 amide bonds. The van der Waals surface area contributed by atoms with Gasteiger partial charge in [-0.15, -0.1) is 0 Å². The van der Waals surface area contributed by atoms with E-state index in [1.54, 1.807) is 6.92 Å². The van der Waals surface area contributed by atoms with E-state index in [-0.39, 0.29) is 19.4 Å². The molecule has 60 valence electrons. The van der Waals surface area contributed by atoms with Crippen LogP contribution in [0.3, 0.4) is 0 Å². The van der Waals surface area contributed by atoms with Crippen LogP contribution in [0.2, 0.25) is 0 Å². The van der Waals surface area contributed by atoms with Gasteiger partial charge in [-0.25, -0.2) is 0 Å². The van der Waals surface area contributed by atoms with Crippen molar-refractivity contribution >= 4 is 0 Å². The topological polar surface area (TPSA) is 95.7 Å². The normalized spacial score (nSPS) is 10.3. The van der Waals surface area contributed by atoms with Crippen molar-refractivity contribution in [1.29, 1.82) is 0 Å². The number of hydrogen-bond donors (Lipinski definition) is 4. The molecule has 9 heavy (non-hydrogen) atoms. The second kappa shape index (κ2) is 15.7. The lowest BCUT2D eigenvalue weighted by Gasteiger charge is -1.90. The van der Waals surface area contributed by atoms with Gasteiger partial charge < -0.3 is 21.5 Å². The summed E-state index contributed by atoms with van der Waals surface area (Å²) in [5, 5.41) is 23.6. The zero-order chi connectivity index (χ0) is 6.99. The summed E-state index contributed by atoms with van der Waals surface area (Å²) in [5.74, 6) is 0. The third kappa shape index (κ3) is 79.0. The van der Waals surface area contributed by atoms with E-state index in [1.807, 2.05) is 0 Å². The molecule has 0 aliphatic carbocycles. The molecule has 0 radical (unpaired) electrons. The zero-order valence-corrected chi connectivity index (χ0v) is 6.04. The average molecular weight is 139 g/mol. The molecule has 1 unspecified atom stereocenters. The van der Waals surface area contributed by atoms with Crippen molar-refractivity contribution in [3.8, 4) is 0 Å². The van der Waals surface area contributed by atoms with Gasteiger partial charge in [-0.3, -0.25) is 0 Å². The molecule has 0 rings (SSSR count). The number of rotatable bonds is 1. The molecule has 6 N–H and O–H groups in total. The summed E-state index contributed by atoms with van der Waals surface area (Å²) in [5.41, 5.74) is 0. The number of aliphatic hydroxyl groups is 3. The maximum atomic E-state index is 8.11. The molecule has 1 atom stereocenters. The maximum Gasteiger partial charge on any atom is 0.0742 e. The average Bonchev–Trinajstić information content (AvgIpc) is 1.69. The van der Waals surface area contributed by atoms with Crippen molar-refractivity contribution in [2.45, 2.75) is 20.0 Å². The first-order valence-corrected chi connectivity index (χ1v) is 2.58. The third-order valence-electron chi connectivity index (χ3n) is 0.264. The van der Waals surface area contributed by atoms with Gasteiger partial charge in [-0.1, -0.05) is 0 Å². The number of aliphatic hydroxyl groups excluding tert-OH is 3. The highest BCUT2D eigenvalue weighted by Crippen LogP contribution is 1.68. The van der Waals surface area contributed by atoms with Crippen LogP contribution in [0.25, 0.3) is 0 Å². The molecule has 0 bridgehead atoms. The van der Waals surface area contributed by atoms with Crippen LogP contribution in [0.1, 0.15) is 13.8 Å². The molecule has 0 saturated heterocycles. The van der Waals surface area contributed by atoms with Crippen LogP contribution >= 0.6 is 0 Å². The zero-order valence-electron chi connectivity index (χ0n) is 6.04. The fourth-order valence-electron chi connectivity index (χ4n) is 0. The molecule has 0 spiro atoms. The molecule has 0 fully saturated rings. The van der Waals surface area contributed by atoms with Crippen molar-refractivity contribution in [3.63, 3.8) is 0 Å². The molecule has 0 aliphatic rings. The highest BCUT2D eigenvalue weighted by atomic mass is 16.3. The smallest absolute Gasteiger partial charge is 0.0742 e. The van der Waals surface area contributed by atoms with E-state index in [4.69, 9.17) is 15.3 Å². The van der Waals surface area contributed by atoms with E-state index in [2.05, 4.69) is 0 Å². The van der Waals surface area contributed by atoms with Crippen LogP contribution in [0.4, 0.5) is 0 Å². The van der Waals surface area contributed by atoms with Gasteiger partial charge in [0.1, 0.15) is 0 Å². The largest absolute Gasteiger partial charge is 0.397 e. The van der Waals surface area contributed by atoms with Gasteiger partial charge in [-0.2, -0.15) is 0 Å². The van der Waals surface area contributed by atoms with Crippen LogP contribution in [-0.2, 0) is 0 Å². The van der Waals surface area contributed by atoms with Gasteiger partial charge >= 0.3 is 0 Å². The van der Waals surface area contributed by atoms with Crippen molar-refractivity contribution in [2.75, 3.05) is 13.2 Å². The Morgan fingerprint density at radius 2 is 1.44 bits per heavy atom. The van der Waals surface area contributed by atoms with Crippen LogP contribution in [0, 0.1) is 0 Å². The van der Waals surface area contributed by atoms with Crippen molar-refractivity contribution in [1.82, 2.24) is 6.15 Å². The van der Waals surface area contributed by atoms with Gasteiger partial charge in [0, 0.05) is 6.61 Å². The van der Waals surface area contributed by atoms with Crippen molar-refractivity contribution in [2.24, 2.45) is 0 Å². The Bertz CT molecular complexity index is 33.4. The Labute approximate surface area is 55.7 Å². The Morgan fingerprint density at radius 1 is 1.33 bits per heavy atom. The van der Waals surface area contributed by atoms with Crippen LogP contribution in [0.15, 0.2) is 0 Å². The van der Waals surface area contributed by atoms with E-state index in [0.29, 0.717) is 0 Å².